The summed E-state index contributed by atoms with van der Waals surface area (Å²) in [6.07, 6.45) is 2.96. The average molecular weight is 328 g/mol. The molecule has 5 nitrogen and oxygen atoms in total. The van der Waals surface area contributed by atoms with Crippen molar-refractivity contribution >= 4 is 16.8 Å². The number of hydrogen-bond donors (Lipinski definition) is 1. The molecule has 0 spiro atoms. The number of benzene rings is 1. The first-order valence-corrected chi connectivity index (χ1v) is 8.38. The Morgan fingerprint density at radius 1 is 1.33 bits per heavy atom. The first-order chi connectivity index (χ1) is 11.6. The molecule has 1 amide bonds. The molecule has 0 bridgehead atoms. The van der Waals surface area contributed by atoms with Crippen LogP contribution < -0.4 is 0 Å². The number of pyridine rings is 1. The number of nitrogens with zero attached hydrogens (tertiary/aromatic N) is 2. The molecule has 2 aromatic rings. The number of hydrogen-bond acceptors (Lipinski definition) is 4. The molecule has 1 heterocycles. The Morgan fingerprint density at radius 3 is 2.92 bits per heavy atom. The molecule has 1 saturated carbocycles. The van der Waals surface area contributed by atoms with Gasteiger partial charge in [-0.15, -0.1) is 0 Å². The summed E-state index contributed by atoms with van der Waals surface area (Å²) >= 11 is 0. The summed E-state index contributed by atoms with van der Waals surface area (Å²) < 4.78 is 5.31. The van der Waals surface area contributed by atoms with E-state index in [4.69, 9.17) is 4.74 Å². The van der Waals surface area contributed by atoms with E-state index in [-0.39, 0.29) is 17.9 Å². The minimum atomic E-state index is -0.466. The van der Waals surface area contributed by atoms with Crippen LogP contribution >= 0.6 is 0 Å². The van der Waals surface area contributed by atoms with Gasteiger partial charge in [0.25, 0.3) is 0 Å². The Balaban J connectivity index is 1.72. The SMILES string of the molecule is CO[C@@H]1C[C@H](C(=O)N(C)Cc2cccc3cccnc23)CC[C@@H]1O. The third-order valence-electron chi connectivity index (χ3n) is 4.91. The molecule has 5 heteroatoms. The molecule has 1 aliphatic carbocycles. The lowest BCUT2D eigenvalue weighted by atomic mass is 9.84. The van der Waals surface area contributed by atoms with E-state index in [1.807, 2.05) is 37.4 Å². The van der Waals surface area contributed by atoms with E-state index in [1.54, 1.807) is 18.2 Å². The van der Waals surface area contributed by atoms with Crippen molar-refractivity contribution in [2.24, 2.45) is 5.92 Å². The quantitative estimate of drug-likeness (QED) is 0.936. The second kappa shape index (κ2) is 7.28. The van der Waals surface area contributed by atoms with E-state index in [0.29, 0.717) is 25.8 Å². The number of aliphatic hydroxyl groups is 1. The minimum absolute atomic E-state index is 0.0914. The highest BCUT2D eigenvalue weighted by Crippen LogP contribution is 2.28. The number of aliphatic hydroxyl groups excluding tert-OH is 1. The van der Waals surface area contributed by atoms with Crippen molar-refractivity contribution in [3.05, 3.63) is 42.1 Å². The van der Waals surface area contributed by atoms with Gasteiger partial charge in [-0.2, -0.15) is 0 Å². The molecule has 1 aliphatic rings. The molecule has 3 atom stereocenters. The number of ether oxygens (including phenoxy) is 1. The van der Waals surface area contributed by atoms with Crippen LogP contribution in [0.15, 0.2) is 36.5 Å². The lowest BCUT2D eigenvalue weighted by Crippen LogP contribution is -2.42. The van der Waals surface area contributed by atoms with Crippen LogP contribution in [0.4, 0.5) is 0 Å². The third kappa shape index (κ3) is 3.42. The van der Waals surface area contributed by atoms with Crippen molar-refractivity contribution in [1.29, 1.82) is 0 Å². The number of aromatic nitrogens is 1. The van der Waals surface area contributed by atoms with Crippen molar-refractivity contribution in [2.75, 3.05) is 14.2 Å². The van der Waals surface area contributed by atoms with E-state index in [2.05, 4.69) is 4.98 Å². The maximum absolute atomic E-state index is 12.8. The molecule has 1 fully saturated rings. The van der Waals surface area contributed by atoms with Crippen molar-refractivity contribution in [1.82, 2.24) is 9.88 Å². The topological polar surface area (TPSA) is 62.7 Å². The lowest BCUT2D eigenvalue weighted by Gasteiger charge is -2.33. The molecule has 3 rings (SSSR count). The molecular weight excluding hydrogens is 304 g/mol. The van der Waals surface area contributed by atoms with Crippen LogP contribution in [0.25, 0.3) is 10.9 Å². The zero-order chi connectivity index (χ0) is 17.1. The molecule has 0 radical (unpaired) electrons. The maximum atomic E-state index is 12.8. The summed E-state index contributed by atoms with van der Waals surface area (Å²) in [6, 6.07) is 9.98. The average Bonchev–Trinajstić information content (AvgIpc) is 2.62. The van der Waals surface area contributed by atoms with E-state index in [1.165, 1.54) is 0 Å². The fourth-order valence-corrected chi connectivity index (χ4v) is 3.53. The molecule has 0 aliphatic heterocycles. The normalized spacial score (nSPS) is 24.0. The molecule has 1 aromatic heterocycles. The van der Waals surface area contributed by atoms with Crippen molar-refractivity contribution < 1.29 is 14.6 Å². The lowest BCUT2D eigenvalue weighted by molar-refractivity contribution is -0.140. The molecule has 24 heavy (non-hydrogen) atoms. The van der Waals surface area contributed by atoms with Gasteiger partial charge in [0.1, 0.15) is 0 Å². The van der Waals surface area contributed by atoms with Gasteiger partial charge in [-0.25, -0.2) is 0 Å². The Bertz CT molecular complexity index is 713. The van der Waals surface area contributed by atoms with Crippen LogP contribution in [0.1, 0.15) is 24.8 Å². The fraction of sp³-hybridized carbons (Fsp3) is 0.474. The predicted molar refractivity (Wildman–Crippen MR) is 92.4 cm³/mol. The van der Waals surface area contributed by atoms with E-state index in [9.17, 15) is 9.90 Å². The van der Waals surface area contributed by atoms with Crippen LogP contribution in [0.3, 0.4) is 0 Å². The fourth-order valence-electron chi connectivity index (χ4n) is 3.53. The molecule has 1 aromatic carbocycles. The first-order valence-electron chi connectivity index (χ1n) is 8.38. The van der Waals surface area contributed by atoms with Gasteiger partial charge in [0.2, 0.25) is 5.91 Å². The van der Waals surface area contributed by atoms with E-state index in [0.717, 1.165) is 16.5 Å². The summed E-state index contributed by atoms with van der Waals surface area (Å²) in [5, 5.41) is 11.0. The van der Waals surface area contributed by atoms with Gasteiger partial charge in [-0.1, -0.05) is 24.3 Å². The highest BCUT2D eigenvalue weighted by molar-refractivity contribution is 5.83. The Morgan fingerprint density at radius 2 is 2.12 bits per heavy atom. The van der Waals surface area contributed by atoms with Crippen LogP contribution in [0, 0.1) is 5.92 Å². The van der Waals surface area contributed by atoms with Gasteiger partial charge in [0.05, 0.1) is 17.7 Å². The highest BCUT2D eigenvalue weighted by atomic mass is 16.5. The number of amides is 1. The van der Waals surface area contributed by atoms with Gasteiger partial charge in [0, 0.05) is 38.2 Å². The van der Waals surface area contributed by atoms with Crippen LogP contribution in [-0.4, -0.2) is 47.3 Å². The number of carbonyl (C=O) groups excluding carboxylic acids is 1. The molecular formula is C19H24N2O3. The number of rotatable bonds is 4. The third-order valence-corrected chi connectivity index (χ3v) is 4.91. The summed E-state index contributed by atoms with van der Waals surface area (Å²) in [5.74, 6) is 0.0168. The zero-order valence-corrected chi connectivity index (χ0v) is 14.2. The van der Waals surface area contributed by atoms with Crippen molar-refractivity contribution in [3.8, 4) is 0 Å². The molecule has 1 N–H and O–H groups in total. The Kier molecular flexibility index (Phi) is 5.11. The number of fused-ring (bicyclic) bond motifs is 1. The minimum Gasteiger partial charge on any atom is -0.390 e. The molecule has 0 saturated heterocycles. The first kappa shape index (κ1) is 16.9. The van der Waals surface area contributed by atoms with Gasteiger partial charge >= 0.3 is 0 Å². The second-order valence-corrected chi connectivity index (χ2v) is 6.54. The predicted octanol–water partition coefficient (Wildman–Crippen LogP) is 2.37. The maximum Gasteiger partial charge on any atom is 0.225 e. The molecule has 0 unspecified atom stereocenters. The van der Waals surface area contributed by atoms with Crippen LogP contribution in [0.2, 0.25) is 0 Å². The standard InChI is InChI=1S/C19H24N2O3/c1-21(19(23)14-8-9-16(22)17(11-14)24-2)12-15-6-3-5-13-7-4-10-20-18(13)15/h3-7,10,14,16-17,22H,8-9,11-12H2,1-2H3/t14-,16+,17-/m1/s1. The summed E-state index contributed by atoms with van der Waals surface area (Å²) in [5.41, 5.74) is 1.98. The summed E-state index contributed by atoms with van der Waals surface area (Å²) in [7, 11) is 3.42. The second-order valence-electron chi connectivity index (χ2n) is 6.54. The Hall–Kier alpha value is -1.98. The van der Waals surface area contributed by atoms with E-state index >= 15 is 0 Å². The van der Waals surface area contributed by atoms with Gasteiger partial charge < -0.3 is 14.7 Å². The van der Waals surface area contributed by atoms with E-state index < -0.39 is 6.10 Å². The Labute approximate surface area is 142 Å². The van der Waals surface area contributed by atoms with Crippen molar-refractivity contribution in [3.63, 3.8) is 0 Å². The van der Waals surface area contributed by atoms with Crippen LogP contribution in [-0.2, 0) is 16.1 Å². The highest BCUT2D eigenvalue weighted by Gasteiger charge is 2.34. The largest absolute Gasteiger partial charge is 0.390 e. The van der Waals surface area contributed by atoms with Gasteiger partial charge in [0.15, 0.2) is 0 Å². The van der Waals surface area contributed by atoms with Gasteiger partial charge in [-0.05, 0) is 30.9 Å². The smallest absolute Gasteiger partial charge is 0.225 e. The zero-order valence-electron chi connectivity index (χ0n) is 14.2. The molecule has 128 valence electrons. The number of carbonyl (C=O) groups is 1. The summed E-state index contributed by atoms with van der Waals surface area (Å²) in [6.45, 7) is 0.532. The summed E-state index contributed by atoms with van der Waals surface area (Å²) in [4.78, 5) is 19.0. The monoisotopic (exact) mass is 328 g/mol. The number of methoxy groups -OCH3 is 1. The number of para-hydroxylation sites is 1. The van der Waals surface area contributed by atoms with Crippen molar-refractivity contribution in [2.45, 2.75) is 38.0 Å². The van der Waals surface area contributed by atoms with Crippen LogP contribution in [0.5, 0.6) is 0 Å². The van der Waals surface area contributed by atoms with Gasteiger partial charge in [-0.3, -0.25) is 9.78 Å².